The van der Waals surface area contributed by atoms with Crippen LogP contribution in [0.4, 0.5) is 0 Å². The molecule has 0 radical (unpaired) electrons. The van der Waals surface area contributed by atoms with Crippen molar-refractivity contribution >= 4 is 23.2 Å². The summed E-state index contributed by atoms with van der Waals surface area (Å²) in [4.78, 5) is 30.8. The van der Waals surface area contributed by atoms with E-state index in [0.29, 0.717) is 26.1 Å². The average Bonchev–Trinajstić information content (AvgIpc) is 3.21. The minimum Gasteiger partial charge on any atom is -0.385 e. The smallest absolute Gasteiger partial charge is 0.242 e. The molecule has 0 fully saturated rings. The van der Waals surface area contributed by atoms with Gasteiger partial charge in [0, 0.05) is 38.1 Å². The number of carbonyl (C=O) groups excluding carboxylic acids is 2. The van der Waals surface area contributed by atoms with E-state index < -0.39 is 0 Å². The molecule has 0 N–H and O–H groups in total. The number of aryl methyl sites for hydroxylation is 1. The fraction of sp³-hybridized carbons (Fsp3) is 0.478. The van der Waals surface area contributed by atoms with Gasteiger partial charge < -0.3 is 14.5 Å². The summed E-state index contributed by atoms with van der Waals surface area (Å²) in [5.41, 5.74) is 3.56. The molecule has 2 aromatic rings. The van der Waals surface area contributed by atoms with E-state index in [9.17, 15) is 9.59 Å². The average molecular weight is 415 g/mol. The Labute approximate surface area is 177 Å². The monoisotopic (exact) mass is 414 g/mol. The lowest BCUT2D eigenvalue weighted by atomic mass is 9.90. The van der Waals surface area contributed by atoms with Crippen molar-refractivity contribution < 1.29 is 14.3 Å². The maximum Gasteiger partial charge on any atom is 0.242 e. The van der Waals surface area contributed by atoms with E-state index in [4.69, 9.17) is 4.74 Å². The molecule has 156 valence electrons. The zero-order valence-electron chi connectivity index (χ0n) is 17.5. The highest BCUT2D eigenvalue weighted by atomic mass is 32.1. The van der Waals surface area contributed by atoms with Gasteiger partial charge in [-0.2, -0.15) is 0 Å². The minimum absolute atomic E-state index is 0.00863. The topological polar surface area (TPSA) is 49.9 Å². The van der Waals surface area contributed by atoms with E-state index in [1.807, 2.05) is 24.0 Å². The summed E-state index contributed by atoms with van der Waals surface area (Å²) >= 11 is 1.76. The molecule has 0 spiro atoms. The van der Waals surface area contributed by atoms with E-state index in [1.54, 1.807) is 23.3 Å². The molecule has 1 aliphatic heterocycles. The maximum atomic E-state index is 13.4. The van der Waals surface area contributed by atoms with Crippen molar-refractivity contribution in [3.63, 3.8) is 0 Å². The molecule has 5 nitrogen and oxygen atoms in total. The molecule has 2 heterocycles. The zero-order valence-corrected chi connectivity index (χ0v) is 18.3. The fourth-order valence-corrected chi connectivity index (χ4v) is 4.89. The van der Waals surface area contributed by atoms with E-state index in [2.05, 4.69) is 30.5 Å². The fourth-order valence-electron chi connectivity index (χ4n) is 3.98. The Balaban J connectivity index is 1.86. The molecule has 3 rings (SSSR count). The van der Waals surface area contributed by atoms with Gasteiger partial charge in [0.1, 0.15) is 0 Å². The summed E-state index contributed by atoms with van der Waals surface area (Å²) in [6, 6.07) is 10.3. The van der Waals surface area contributed by atoms with Crippen LogP contribution >= 0.6 is 11.3 Å². The number of hydrogen-bond acceptors (Lipinski definition) is 4. The summed E-state index contributed by atoms with van der Waals surface area (Å²) in [6.07, 6.45) is 1.99. The van der Waals surface area contributed by atoms with Crippen molar-refractivity contribution in [2.24, 2.45) is 0 Å². The lowest BCUT2D eigenvalue weighted by molar-refractivity contribution is -0.141. The number of nitrogens with zero attached hydrogens (tertiary/aromatic N) is 2. The Kier molecular flexibility index (Phi) is 7.45. The highest BCUT2D eigenvalue weighted by Gasteiger charge is 2.34. The minimum atomic E-state index is -0.0868. The molecular formula is C23H30N2O3S. The molecule has 1 aromatic heterocycles. The summed E-state index contributed by atoms with van der Waals surface area (Å²) in [5.74, 6) is 0.0180. The molecule has 0 bridgehead atoms. The Morgan fingerprint density at radius 1 is 1.24 bits per heavy atom. The second kappa shape index (κ2) is 10.0. The second-order valence-electron chi connectivity index (χ2n) is 7.41. The quantitative estimate of drug-likeness (QED) is 0.617. The molecule has 1 atom stereocenters. The van der Waals surface area contributed by atoms with Gasteiger partial charge in [0.15, 0.2) is 0 Å². The van der Waals surface area contributed by atoms with Crippen molar-refractivity contribution in [3.05, 3.63) is 57.3 Å². The zero-order chi connectivity index (χ0) is 20.8. The molecule has 2 amide bonds. The third kappa shape index (κ3) is 4.87. The van der Waals surface area contributed by atoms with Crippen molar-refractivity contribution in [1.82, 2.24) is 9.80 Å². The van der Waals surface area contributed by atoms with Crippen LogP contribution in [0.15, 0.2) is 35.7 Å². The first kappa shape index (κ1) is 21.5. The van der Waals surface area contributed by atoms with Gasteiger partial charge in [-0.3, -0.25) is 9.59 Å². The number of rotatable bonds is 8. The van der Waals surface area contributed by atoms with Gasteiger partial charge in [-0.1, -0.05) is 31.2 Å². The number of carbonyl (C=O) groups is 2. The third-order valence-electron chi connectivity index (χ3n) is 5.53. The van der Waals surface area contributed by atoms with Crippen LogP contribution in [0.1, 0.15) is 47.4 Å². The number of ether oxygens (including phenoxy) is 1. The van der Waals surface area contributed by atoms with Gasteiger partial charge in [-0.25, -0.2) is 0 Å². The van der Waals surface area contributed by atoms with E-state index in [0.717, 1.165) is 18.4 Å². The van der Waals surface area contributed by atoms with Crippen LogP contribution in [0, 0.1) is 6.92 Å². The van der Waals surface area contributed by atoms with Crippen molar-refractivity contribution in [1.29, 1.82) is 0 Å². The summed E-state index contributed by atoms with van der Waals surface area (Å²) in [7, 11) is 1.65. The van der Waals surface area contributed by atoms with Crippen molar-refractivity contribution in [2.75, 3.05) is 33.4 Å². The summed E-state index contributed by atoms with van der Waals surface area (Å²) in [5, 5.41) is 2.11. The largest absolute Gasteiger partial charge is 0.385 e. The Bertz CT molecular complexity index is 848. The number of thiophene rings is 1. The second-order valence-corrected chi connectivity index (χ2v) is 8.41. The van der Waals surface area contributed by atoms with Crippen LogP contribution in [0.2, 0.25) is 0 Å². The van der Waals surface area contributed by atoms with Gasteiger partial charge in [0.25, 0.3) is 0 Å². The SMILES string of the molecule is CCC(=O)N(CCCOC)CC(=O)N1CCc2sccc2C1c1ccccc1C. The van der Waals surface area contributed by atoms with Gasteiger partial charge in [-0.15, -0.1) is 11.3 Å². The third-order valence-corrected chi connectivity index (χ3v) is 6.52. The number of benzene rings is 1. The number of hydrogen-bond donors (Lipinski definition) is 0. The van der Waals surface area contributed by atoms with Gasteiger partial charge in [-0.05, 0) is 47.9 Å². The number of fused-ring (bicyclic) bond motifs is 1. The molecule has 0 saturated carbocycles. The molecule has 0 aliphatic carbocycles. The standard InChI is InChI=1S/C23H30N2O3S/c1-4-21(26)24(12-7-14-28-3)16-22(27)25-13-10-20-19(11-15-29-20)23(25)18-9-6-5-8-17(18)2/h5-6,8-9,11,15,23H,4,7,10,12-14,16H2,1-3H3. The first-order chi connectivity index (χ1) is 14.1. The van der Waals surface area contributed by atoms with Gasteiger partial charge in [0.2, 0.25) is 11.8 Å². The molecule has 6 heteroatoms. The Hall–Kier alpha value is -2.18. The first-order valence-corrected chi connectivity index (χ1v) is 11.1. The molecule has 0 saturated heterocycles. The predicted molar refractivity (Wildman–Crippen MR) is 116 cm³/mol. The van der Waals surface area contributed by atoms with Crippen LogP contribution in [0.5, 0.6) is 0 Å². The first-order valence-electron chi connectivity index (χ1n) is 10.2. The van der Waals surface area contributed by atoms with Gasteiger partial charge in [0.05, 0.1) is 12.6 Å². The van der Waals surface area contributed by atoms with Crippen LogP contribution in [-0.2, 0) is 20.7 Å². The lowest BCUT2D eigenvalue weighted by Crippen LogP contribution is -2.47. The molecule has 29 heavy (non-hydrogen) atoms. The van der Waals surface area contributed by atoms with Crippen molar-refractivity contribution in [2.45, 2.75) is 39.2 Å². The van der Waals surface area contributed by atoms with E-state index in [-0.39, 0.29) is 24.4 Å². The predicted octanol–water partition coefficient (Wildman–Crippen LogP) is 3.81. The van der Waals surface area contributed by atoms with Crippen LogP contribution in [-0.4, -0.2) is 55.0 Å². The molecule has 1 aliphatic rings. The highest BCUT2D eigenvalue weighted by molar-refractivity contribution is 7.10. The van der Waals surface area contributed by atoms with Crippen LogP contribution < -0.4 is 0 Å². The van der Waals surface area contributed by atoms with E-state index in [1.165, 1.54) is 16.0 Å². The lowest BCUT2D eigenvalue weighted by Gasteiger charge is -2.38. The Morgan fingerprint density at radius 2 is 2.03 bits per heavy atom. The van der Waals surface area contributed by atoms with E-state index >= 15 is 0 Å². The highest BCUT2D eigenvalue weighted by Crippen LogP contribution is 2.38. The molecule has 1 aromatic carbocycles. The maximum absolute atomic E-state index is 13.4. The summed E-state index contributed by atoms with van der Waals surface area (Å²) in [6.45, 7) is 5.85. The summed E-state index contributed by atoms with van der Waals surface area (Å²) < 4.78 is 5.11. The van der Waals surface area contributed by atoms with Crippen LogP contribution in [0.3, 0.4) is 0 Å². The molecular weight excluding hydrogens is 384 g/mol. The van der Waals surface area contributed by atoms with Crippen molar-refractivity contribution in [3.8, 4) is 0 Å². The molecule has 1 unspecified atom stereocenters. The van der Waals surface area contributed by atoms with Gasteiger partial charge >= 0.3 is 0 Å². The normalized spacial score (nSPS) is 15.8. The number of methoxy groups -OCH3 is 1. The Morgan fingerprint density at radius 3 is 2.76 bits per heavy atom. The van der Waals surface area contributed by atoms with Crippen LogP contribution in [0.25, 0.3) is 0 Å². The number of amides is 2.